The summed E-state index contributed by atoms with van der Waals surface area (Å²) in [5.74, 6) is -0.708. The quantitative estimate of drug-likeness (QED) is 0.793. The monoisotopic (exact) mass is 332 g/mol. The van der Waals surface area contributed by atoms with Crippen LogP contribution in [0.5, 0.6) is 34.5 Å². The summed E-state index contributed by atoms with van der Waals surface area (Å²) in [6.07, 6.45) is -1.08. The van der Waals surface area contributed by atoms with E-state index in [1.54, 1.807) is 0 Å². The number of hydrogen-bond acceptors (Lipinski definition) is 7. The minimum Gasteiger partial charge on any atom is -0.507 e. The van der Waals surface area contributed by atoms with Crippen molar-refractivity contribution in [2.75, 3.05) is 14.2 Å². The van der Waals surface area contributed by atoms with Crippen LogP contribution in [0.1, 0.15) is 28.4 Å². The first-order valence-electron chi connectivity index (χ1n) is 7.16. The molecule has 1 atom stereocenters. The van der Waals surface area contributed by atoms with Crippen molar-refractivity contribution in [2.24, 2.45) is 0 Å². The van der Waals surface area contributed by atoms with Crippen LogP contribution in [0.15, 0.2) is 24.3 Å². The van der Waals surface area contributed by atoms with Crippen molar-refractivity contribution in [3.05, 3.63) is 35.4 Å². The highest BCUT2D eigenvalue weighted by molar-refractivity contribution is 6.04. The van der Waals surface area contributed by atoms with Gasteiger partial charge in [-0.05, 0) is 12.1 Å². The Balaban J connectivity index is 2.16. The van der Waals surface area contributed by atoms with Gasteiger partial charge in [-0.15, -0.1) is 0 Å². The van der Waals surface area contributed by atoms with Crippen LogP contribution in [0.3, 0.4) is 0 Å². The van der Waals surface area contributed by atoms with Crippen molar-refractivity contribution in [2.45, 2.75) is 12.5 Å². The molecule has 0 spiro atoms. The molecule has 7 heteroatoms. The number of Topliss-reactive ketones (excluding diaryl/α,β-unsaturated/α-hetero) is 1. The van der Waals surface area contributed by atoms with Gasteiger partial charge in [-0.1, -0.05) is 6.07 Å². The van der Waals surface area contributed by atoms with Crippen LogP contribution in [0.25, 0.3) is 0 Å². The number of methoxy groups -OCH3 is 2. The average molecular weight is 332 g/mol. The summed E-state index contributed by atoms with van der Waals surface area (Å²) >= 11 is 0. The third kappa shape index (κ3) is 2.34. The van der Waals surface area contributed by atoms with Gasteiger partial charge < -0.3 is 29.5 Å². The van der Waals surface area contributed by atoms with Gasteiger partial charge in [-0.25, -0.2) is 0 Å². The summed E-state index contributed by atoms with van der Waals surface area (Å²) in [6, 6.07) is 5.52. The maximum Gasteiger partial charge on any atom is 0.204 e. The second-order valence-corrected chi connectivity index (χ2v) is 5.28. The van der Waals surface area contributed by atoms with Crippen LogP contribution in [0, 0.1) is 0 Å². The predicted octanol–water partition coefficient (Wildman–Crippen LogP) is 2.53. The lowest BCUT2D eigenvalue weighted by Crippen LogP contribution is -2.21. The van der Waals surface area contributed by atoms with E-state index < -0.39 is 11.9 Å². The zero-order valence-corrected chi connectivity index (χ0v) is 13.1. The van der Waals surface area contributed by atoms with Gasteiger partial charge in [-0.2, -0.15) is 0 Å². The van der Waals surface area contributed by atoms with Crippen LogP contribution in [-0.2, 0) is 0 Å². The molecule has 1 aliphatic rings. The van der Waals surface area contributed by atoms with E-state index in [1.165, 1.54) is 38.5 Å². The molecule has 24 heavy (non-hydrogen) atoms. The number of carbonyl (C=O) groups excluding carboxylic acids is 1. The van der Waals surface area contributed by atoms with Crippen molar-refractivity contribution >= 4 is 5.78 Å². The first-order valence-corrected chi connectivity index (χ1v) is 7.16. The summed E-state index contributed by atoms with van der Waals surface area (Å²) < 4.78 is 16.2. The molecule has 0 unspecified atom stereocenters. The molecule has 0 fully saturated rings. The molecular weight excluding hydrogens is 316 g/mol. The lowest BCUT2D eigenvalue weighted by Gasteiger charge is -2.28. The normalized spacial score (nSPS) is 16.2. The van der Waals surface area contributed by atoms with Gasteiger partial charge in [0.25, 0.3) is 0 Å². The number of benzene rings is 2. The van der Waals surface area contributed by atoms with E-state index in [9.17, 15) is 20.1 Å². The highest BCUT2D eigenvalue weighted by Crippen LogP contribution is 2.51. The smallest absolute Gasteiger partial charge is 0.204 e. The van der Waals surface area contributed by atoms with E-state index >= 15 is 0 Å². The van der Waals surface area contributed by atoms with E-state index in [2.05, 4.69) is 0 Å². The Labute approximate surface area is 137 Å². The van der Waals surface area contributed by atoms with Crippen LogP contribution in [0.2, 0.25) is 0 Å². The minimum atomic E-state index is -0.924. The van der Waals surface area contributed by atoms with Gasteiger partial charge in [0.15, 0.2) is 17.3 Å². The lowest BCUT2D eigenvalue weighted by molar-refractivity contribution is 0.0830. The third-order valence-corrected chi connectivity index (χ3v) is 3.90. The molecule has 3 N–H and O–H groups in total. The fraction of sp³-hybridized carbons (Fsp3) is 0.235. The van der Waals surface area contributed by atoms with Crippen LogP contribution < -0.4 is 14.2 Å². The zero-order chi connectivity index (χ0) is 17.4. The molecule has 126 valence electrons. The molecule has 0 radical (unpaired) electrons. The van der Waals surface area contributed by atoms with Crippen LogP contribution >= 0.6 is 0 Å². The lowest BCUT2D eigenvalue weighted by atomic mass is 9.94. The van der Waals surface area contributed by atoms with Crippen molar-refractivity contribution in [3.63, 3.8) is 0 Å². The molecule has 0 bridgehead atoms. The highest BCUT2D eigenvalue weighted by atomic mass is 16.5. The number of fused-ring (bicyclic) bond motifs is 1. The van der Waals surface area contributed by atoms with Gasteiger partial charge in [-0.3, -0.25) is 4.79 Å². The summed E-state index contributed by atoms with van der Waals surface area (Å²) in [7, 11) is 2.77. The Morgan fingerprint density at radius 1 is 1.08 bits per heavy atom. The molecule has 7 nitrogen and oxygen atoms in total. The topological polar surface area (TPSA) is 105 Å². The molecule has 0 saturated carbocycles. The molecule has 0 saturated heterocycles. The molecule has 2 aromatic rings. The van der Waals surface area contributed by atoms with Gasteiger partial charge >= 0.3 is 0 Å². The van der Waals surface area contributed by atoms with Crippen molar-refractivity contribution in [3.8, 4) is 34.5 Å². The molecule has 1 aliphatic heterocycles. The van der Waals surface area contributed by atoms with E-state index in [4.69, 9.17) is 14.2 Å². The van der Waals surface area contributed by atoms with Gasteiger partial charge in [0, 0.05) is 6.07 Å². The molecular formula is C17H16O7. The second-order valence-electron chi connectivity index (χ2n) is 5.28. The number of rotatable bonds is 3. The standard InChI is InChI=1S/C17H16O7/c1-22-13-7-11(21)15-10(20)6-12(24-17(15)16(13)23-2)14-8(18)4-3-5-9(14)19/h3-5,7,12,18-19,21H,6H2,1-2H3/t12-/m0/s1. The van der Waals surface area contributed by atoms with Gasteiger partial charge in [0.1, 0.15) is 28.9 Å². The predicted molar refractivity (Wildman–Crippen MR) is 83.3 cm³/mol. The number of phenolic OH excluding ortho intramolecular Hbond substituents is 3. The Hall–Kier alpha value is -3.09. The van der Waals surface area contributed by atoms with E-state index in [1.807, 2.05) is 0 Å². The van der Waals surface area contributed by atoms with Gasteiger partial charge in [0.2, 0.25) is 5.75 Å². The fourth-order valence-corrected chi connectivity index (χ4v) is 2.82. The van der Waals surface area contributed by atoms with E-state index in [0.29, 0.717) is 0 Å². The Morgan fingerprint density at radius 3 is 2.33 bits per heavy atom. The largest absolute Gasteiger partial charge is 0.507 e. The molecule has 0 amide bonds. The van der Waals surface area contributed by atoms with Gasteiger partial charge in [0.05, 0.1) is 26.2 Å². The van der Waals surface area contributed by atoms with Crippen LogP contribution in [-0.4, -0.2) is 35.3 Å². The number of carbonyl (C=O) groups is 1. The Morgan fingerprint density at radius 2 is 1.75 bits per heavy atom. The van der Waals surface area contributed by atoms with E-state index in [0.717, 1.165) is 0 Å². The summed E-state index contributed by atoms with van der Waals surface area (Å²) in [4.78, 5) is 12.5. The molecule has 2 aromatic carbocycles. The Kier molecular flexibility index (Phi) is 3.84. The molecule has 0 aromatic heterocycles. The summed E-state index contributed by atoms with van der Waals surface area (Å²) in [5, 5.41) is 30.1. The molecule has 0 aliphatic carbocycles. The maximum absolute atomic E-state index is 12.5. The SMILES string of the molecule is COc1cc(O)c2c(c1OC)O[C@H](c1c(O)cccc1O)CC2=O. The first kappa shape index (κ1) is 15.8. The number of phenols is 3. The average Bonchev–Trinajstić information content (AvgIpc) is 2.53. The number of aromatic hydroxyl groups is 3. The number of ketones is 1. The van der Waals surface area contributed by atoms with E-state index in [-0.39, 0.29) is 52.0 Å². The second kappa shape index (κ2) is 5.84. The highest BCUT2D eigenvalue weighted by Gasteiger charge is 2.36. The minimum absolute atomic E-state index is 0.0123. The van der Waals surface area contributed by atoms with Crippen molar-refractivity contribution in [1.29, 1.82) is 0 Å². The summed E-state index contributed by atoms with van der Waals surface area (Å²) in [5.41, 5.74) is 0.0830. The number of hydrogen-bond donors (Lipinski definition) is 3. The summed E-state index contributed by atoms with van der Waals surface area (Å²) in [6.45, 7) is 0. The van der Waals surface area contributed by atoms with Crippen LogP contribution in [0.4, 0.5) is 0 Å². The first-order chi connectivity index (χ1) is 11.5. The fourth-order valence-electron chi connectivity index (χ4n) is 2.82. The molecule has 1 heterocycles. The maximum atomic E-state index is 12.5. The zero-order valence-electron chi connectivity index (χ0n) is 13.1. The Bertz CT molecular complexity index is 793. The van der Waals surface area contributed by atoms with Crippen molar-refractivity contribution < 1.29 is 34.3 Å². The number of ether oxygens (including phenoxy) is 3. The third-order valence-electron chi connectivity index (χ3n) is 3.90. The molecule has 3 rings (SSSR count). The van der Waals surface area contributed by atoms with Crippen molar-refractivity contribution in [1.82, 2.24) is 0 Å².